The van der Waals surface area contributed by atoms with Crippen molar-refractivity contribution in [3.8, 4) is 11.8 Å². The van der Waals surface area contributed by atoms with Gasteiger partial charge in [0.25, 0.3) is 0 Å². The van der Waals surface area contributed by atoms with Crippen LogP contribution in [0.3, 0.4) is 0 Å². The third-order valence-electron chi connectivity index (χ3n) is 2.81. The van der Waals surface area contributed by atoms with Crippen LogP contribution in [-0.2, 0) is 11.2 Å². The summed E-state index contributed by atoms with van der Waals surface area (Å²) in [6, 6.07) is 14.9. The summed E-state index contributed by atoms with van der Waals surface area (Å²) in [5.41, 5.74) is 1.25. The highest BCUT2D eigenvalue weighted by molar-refractivity contribution is 7.99. The summed E-state index contributed by atoms with van der Waals surface area (Å²) in [7, 11) is 1.53. The lowest BCUT2D eigenvalue weighted by molar-refractivity contribution is -0.136. The summed E-state index contributed by atoms with van der Waals surface area (Å²) < 4.78 is 5.11. The minimum atomic E-state index is -0.843. The van der Waals surface area contributed by atoms with Crippen LogP contribution in [0, 0.1) is 11.3 Å². The molecular weight excluding hydrogens is 286 g/mol. The van der Waals surface area contributed by atoms with Gasteiger partial charge in [-0.2, -0.15) is 5.26 Å². The van der Waals surface area contributed by atoms with Crippen LogP contribution in [0.1, 0.15) is 11.1 Å². The highest BCUT2D eigenvalue weighted by atomic mass is 32.2. The number of hydrogen-bond donors (Lipinski definition) is 1. The second-order valence-electron chi connectivity index (χ2n) is 4.29. The van der Waals surface area contributed by atoms with E-state index in [1.165, 1.54) is 18.9 Å². The third kappa shape index (κ3) is 4.01. The van der Waals surface area contributed by atoms with Crippen LogP contribution in [0.2, 0.25) is 0 Å². The van der Waals surface area contributed by atoms with Crippen LogP contribution in [0.25, 0.3) is 0 Å². The van der Waals surface area contributed by atoms with Crippen LogP contribution in [0.15, 0.2) is 52.3 Å². The maximum atomic E-state index is 10.6. The maximum absolute atomic E-state index is 10.6. The van der Waals surface area contributed by atoms with E-state index in [0.29, 0.717) is 11.3 Å². The fourth-order valence-corrected chi connectivity index (χ4v) is 2.68. The molecule has 106 valence electrons. The Morgan fingerprint density at radius 1 is 1.24 bits per heavy atom. The predicted molar refractivity (Wildman–Crippen MR) is 79.6 cm³/mol. The standard InChI is InChI=1S/C16H13NO3S/c1-20-15-7-6-14(9-12(15)10-17)21-13-4-2-11(3-5-13)8-16(18)19/h2-7,9H,8H2,1H3,(H,18,19). The van der Waals surface area contributed by atoms with Gasteiger partial charge in [0, 0.05) is 9.79 Å². The molecule has 0 amide bonds. The molecular formula is C16H13NO3S. The number of carbonyl (C=O) groups is 1. The van der Waals surface area contributed by atoms with Gasteiger partial charge in [-0.25, -0.2) is 0 Å². The molecule has 0 aliphatic carbocycles. The van der Waals surface area contributed by atoms with Crippen LogP contribution < -0.4 is 4.74 Å². The summed E-state index contributed by atoms with van der Waals surface area (Å²) in [6.07, 6.45) is 0.0199. The van der Waals surface area contributed by atoms with E-state index in [4.69, 9.17) is 15.1 Å². The Balaban J connectivity index is 2.15. The molecule has 2 aromatic rings. The lowest BCUT2D eigenvalue weighted by Crippen LogP contribution is -1.99. The Morgan fingerprint density at radius 2 is 1.90 bits per heavy atom. The molecule has 2 aromatic carbocycles. The molecule has 0 fully saturated rings. The molecule has 0 bridgehead atoms. The van der Waals surface area contributed by atoms with E-state index in [9.17, 15) is 4.79 Å². The Kier molecular flexibility index (Phi) is 4.85. The SMILES string of the molecule is COc1ccc(Sc2ccc(CC(=O)O)cc2)cc1C#N. The average molecular weight is 299 g/mol. The molecule has 4 nitrogen and oxygen atoms in total. The molecule has 0 atom stereocenters. The first kappa shape index (κ1) is 14.9. The summed E-state index contributed by atoms with van der Waals surface area (Å²) in [6.45, 7) is 0. The molecule has 0 aromatic heterocycles. The smallest absolute Gasteiger partial charge is 0.307 e. The molecule has 0 radical (unpaired) electrons. The minimum absolute atomic E-state index is 0.0199. The zero-order chi connectivity index (χ0) is 15.2. The number of carboxylic acid groups (broad SMARTS) is 1. The van der Waals surface area contributed by atoms with Crippen molar-refractivity contribution in [3.05, 3.63) is 53.6 Å². The number of nitriles is 1. The van der Waals surface area contributed by atoms with Crippen molar-refractivity contribution < 1.29 is 14.6 Å². The summed E-state index contributed by atoms with van der Waals surface area (Å²) in [5, 5.41) is 17.8. The summed E-state index contributed by atoms with van der Waals surface area (Å²) in [4.78, 5) is 12.5. The van der Waals surface area contributed by atoms with E-state index in [2.05, 4.69) is 6.07 Å². The first-order valence-electron chi connectivity index (χ1n) is 6.19. The van der Waals surface area contributed by atoms with Gasteiger partial charge >= 0.3 is 5.97 Å². The first-order valence-corrected chi connectivity index (χ1v) is 7.00. The Labute approximate surface area is 127 Å². The predicted octanol–water partition coefficient (Wildman–Crippen LogP) is 3.35. The fourth-order valence-electron chi connectivity index (χ4n) is 1.82. The number of rotatable bonds is 5. The van der Waals surface area contributed by atoms with Gasteiger partial charge < -0.3 is 9.84 Å². The molecule has 0 spiro atoms. The third-order valence-corrected chi connectivity index (χ3v) is 3.80. The summed E-state index contributed by atoms with van der Waals surface area (Å²) in [5.74, 6) is -0.289. The second-order valence-corrected chi connectivity index (χ2v) is 5.44. The van der Waals surface area contributed by atoms with Crippen LogP contribution in [-0.4, -0.2) is 18.2 Å². The van der Waals surface area contributed by atoms with Gasteiger partial charge in [-0.15, -0.1) is 0 Å². The molecule has 21 heavy (non-hydrogen) atoms. The fraction of sp³-hybridized carbons (Fsp3) is 0.125. The van der Waals surface area contributed by atoms with Crippen molar-refractivity contribution >= 4 is 17.7 Å². The lowest BCUT2D eigenvalue weighted by Gasteiger charge is -2.06. The topological polar surface area (TPSA) is 70.3 Å². The molecule has 0 aliphatic heterocycles. The van der Waals surface area contributed by atoms with Crippen molar-refractivity contribution in [3.63, 3.8) is 0 Å². The number of nitrogens with zero attached hydrogens (tertiary/aromatic N) is 1. The van der Waals surface area contributed by atoms with Crippen molar-refractivity contribution in [2.75, 3.05) is 7.11 Å². The van der Waals surface area contributed by atoms with Gasteiger partial charge in [-0.3, -0.25) is 4.79 Å². The largest absolute Gasteiger partial charge is 0.495 e. The van der Waals surface area contributed by atoms with Gasteiger partial charge in [-0.1, -0.05) is 23.9 Å². The number of hydrogen-bond acceptors (Lipinski definition) is 4. The zero-order valence-electron chi connectivity index (χ0n) is 11.4. The summed E-state index contributed by atoms with van der Waals surface area (Å²) >= 11 is 1.51. The van der Waals surface area contributed by atoms with E-state index >= 15 is 0 Å². The Hall–Kier alpha value is -2.45. The van der Waals surface area contributed by atoms with Crippen molar-refractivity contribution in [1.29, 1.82) is 5.26 Å². The average Bonchev–Trinajstić information content (AvgIpc) is 2.48. The number of carboxylic acids is 1. The molecule has 5 heteroatoms. The maximum Gasteiger partial charge on any atom is 0.307 e. The number of aliphatic carboxylic acids is 1. The van der Waals surface area contributed by atoms with Crippen molar-refractivity contribution in [2.45, 2.75) is 16.2 Å². The molecule has 0 heterocycles. The second kappa shape index (κ2) is 6.82. The van der Waals surface area contributed by atoms with E-state index < -0.39 is 5.97 Å². The van der Waals surface area contributed by atoms with Crippen molar-refractivity contribution in [2.24, 2.45) is 0 Å². The van der Waals surface area contributed by atoms with Gasteiger partial charge in [0.1, 0.15) is 11.8 Å². The first-order chi connectivity index (χ1) is 10.1. The van der Waals surface area contributed by atoms with Crippen LogP contribution in [0.4, 0.5) is 0 Å². The zero-order valence-corrected chi connectivity index (χ0v) is 12.2. The molecule has 0 aliphatic rings. The molecule has 0 saturated heterocycles. The van der Waals surface area contributed by atoms with Gasteiger partial charge in [0.05, 0.1) is 19.1 Å². The molecule has 0 saturated carbocycles. The van der Waals surface area contributed by atoms with Gasteiger partial charge in [0.15, 0.2) is 0 Å². The molecule has 1 N–H and O–H groups in total. The Morgan fingerprint density at radius 3 is 2.48 bits per heavy atom. The monoisotopic (exact) mass is 299 g/mol. The van der Waals surface area contributed by atoms with Crippen LogP contribution >= 0.6 is 11.8 Å². The van der Waals surface area contributed by atoms with E-state index in [1.807, 2.05) is 18.2 Å². The van der Waals surface area contributed by atoms with E-state index in [1.54, 1.807) is 24.3 Å². The van der Waals surface area contributed by atoms with Crippen molar-refractivity contribution in [1.82, 2.24) is 0 Å². The molecule has 2 rings (SSSR count). The number of ether oxygens (including phenoxy) is 1. The van der Waals surface area contributed by atoms with Gasteiger partial charge in [0.2, 0.25) is 0 Å². The van der Waals surface area contributed by atoms with Crippen LogP contribution in [0.5, 0.6) is 5.75 Å². The normalized spacial score (nSPS) is 9.90. The highest BCUT2D eigenvalue weighted by Crippen LogP contribution is 2.31. The minimum Gasteiger partial charge on any atom is -0.495 e. The van der Waals surface area contributed by atoms with E-state index in [0.717, 1.165) is 15.4 Å². The van der Waals surface area contributed by atoms with E-state index in [-0.39, 0.29) is 6.42 Å². The quantitative estimate of drug-likeness (QED) is 0.916. The number of benzene rings is 2. The van der Waals surface area contributed by atoms with Gasteiger partial charge in [-0.05, 0) is 35.9 Å². The lowest BCUT2D eigenvalue weighted by atomic mass is 10.2. The highest BCUT2D eigenvalue weighted by Gasteiger charge is 2.06. The molecule has 0 unspecified atom stereocenters. The Bertz CT molecular complexity index is 690. The number of methoxy groups -OCH3 is 1.